The van der Waals surface area contributed by atoms with Crippen LogP contribution in [0, 0.1) is 0 Å². The molecule has 0 aliphatic carbocycles. The van der Waals surface area contributed by atoms with E-state index in [4.69, 9.17) is 0 Å². The van der Waals surface area contributed by atoms with Crippen LogP contribution in [0.4, 0.5) is 0 Å². The number of phenolic OH excluding ortho intramolecular Hbond substituents is 1. The number of nitrogens with one attached hydrogen (secondary N) is 1. The molecule has 3 heteroatoms. The lowest BCUT2D eigenvalue weighted by atomic mass is 10.0. The van der Waals surface area contributed by atoms with Crippen LogP contribution in [0.1, 0.15) is 18.5 Å². The summed E-state index contributed by atoms with van der Waals surface area (Å²) in [4.78, 5) is 4.25. The Morgan fingerprint density at radius 1 is 1.12 bits per heavy atom. The SMILES string of the molecule is CNC(C)c1cncc(-c2ccc(O)cc2)c1. The fraction of sp³-hybridized carbons (Fsp3) is 0.214. The largest absolute Gasteiger partial charge is 0.508 e. The number of aromatic hydroxyl groups is 1. The lowest BCUT2D eigenvalue weighted by Gasteiger charge is -2.11. The van der Waals surface area contributed by atoms with Gasteiger partial charge in [-0.05, 0) is 43.3 Å². The van der Waals surface area contributed by atoms with E-state index in [0.29, 0.717) is 0 Å². The first-order valence-corrected chi connectivity index (χ1v) is 5.62. The highest BCUT2D eigenvalue weighted by Gasteiger charge is 2.05. The smallest absolute Gasteiger partial charge is 0.115 e. The van der Waals surface area contributed by atoms with Crippen LogP contribution in [0.3, 0.4) is 0 Å². The summed E-state index contributed by atoms with van der Waals surface area (Å²) in [5.41, 5.74) is 3.27. The van der Waals surface area contributed by atoms with Gasteiger partial charge < -0.3 is 10.4 Å². The highest BCUT2D eigenvalue weighted by atomic mass is 16.3. The molecule has 0 spiro atoms. The third kappa shape index (κ3) is 2.63. The lowest BCUT2D eigenvalue weighted by molar-refractivity contribution is 0.475. The number of phenols is 1. The van der Waals surface area contributed by atoms with E-state index in [2.05, 4.69) is 23.3 Å². The van der Waals surface area contributed by atoms with Crippen LogP contribution in [-0.4, -0.2) is 17.1 Å². The number of hydrogen-bond acceptors (Lipinski definition) is 3. The molecule has 0 radical (unpaired) electrons. The van der Waals surface area contributed by atoms with Gasteiger partial charge in [-0.15, -0.1) is 0 Å². The molecule has 1 heterocycles. The van der Waals surface area contributed by atoms with Crippen molar-refractivity contribution in [2.75, 3.05) is 7.05 Å². The molecule has 1 aromatic carbocycles. The minimum Gasteiger partial charge on any atom is -0.508 e. The van der Waals surface area contributed by atoms with Gasteiger partial charge in [0.2, 0.25) is 0 Å². The Hall–Kier alpha value is -1.87. The van der Waals surface area contributed by atoms with Crippen molar-refractivity contribution in [1.29, 1.82) is 0 Å². The number of rotatable bonds is 3. The van der Waals surface area contributed by atoms with Crippen LogP contribution < -0.4 is 5.32 Å². The Kier molecular flexibility index (Phi) is 3.40. The van der Waals surface area contributed by atoms with E-state index >= 15 is 0 Å². The zero-order chi connectivity index (χ0) is 12.3. The van der Waals surface area contributed by atoms with Gasteiger partial charge in [0.15, 0.2) is 0 Å². The maximum Gasteiger partial charge on any atom is 0.115 e. The molecule has 0 fully saturated rings. The Morgan fingerprint density at radius 2 is 1.82 bits per heavy atom. The zero-order valence-electron chi connectivity index (χ0n) is 10.0. The van der Waals surface area contributed by atoms with Crippen molar-refractivity contribution in [3.05, 3.63) is 48.3 Å². The molecule has 0 aliphatic rings. The van der Waals surface area contributed by atoms with Crippen LogP contribution in [0.5, 0.6) is 5.75 Å². The molecular formula is C14H16N2O. The Bertz CT molecular complexity index is 494. The van der Waals surface area contributed by atoms with Gasteiger partial charge in [-0.3, -0.25) is 4.98 Å². The van der Waals surface area contributed by atoms with Crippen molar-refractivity contribution in [2.24, 2.45) is 0 Å². The van der Waals surface area contributed by atoms with Gasteiger partial charge in [-0.2, -0.15) is 0 Å². The molecular weight excluding hydrogens is 212 g/mol. The molecule has 0 saturated heterocycles. The summed E-state index contributed by atoms with van der Waals surface area (Å²) in [6.07, 6.45) is 3.70. The third-order valence-electron chi connectivity index (χ3n) is 2.89. The van der Waals surface area contributed by atoms with Crippen molar-refractivity contribution in [2.45, 2.75) is 13.0 Å². The standard InChI is InChI=1S/C14H16N2O/c1-10(15-2)12-7-13(9-16-8-12)11-3-5-14(17)6-4-11/h3-10,15,17H,1-2H3. The molecule has 1 atom stereocenters. The van der Waals surface area contributed by atoms with Crippen molar-refractivity contribution in [3.8, 4) is 16.9 Å². The van der Waals surface area contributed by atoms with Crippen LogP contribution in [-0.2, 0) is 0 Å². The van der Waals surface area contributed by atoms with Gasteiger partial charge >= 0.3 is 0 Å². The zero-order valence-corrected chi connectivity index (χ0v) is 10.0. The summed E-state index contributed by atoms with van der Waals surface area (Å²) in [7, 11) is 1.93. The first kappa shape index (κ1) is 11.6. The number of pyridine rings is 1. The maximum absolute atomic E-state index is 9.26. The van der Waals surface area contributed by atoms with Crippen molar-refractivity contribution < 1.29 is 5.11 Å². The number of hydrogen-bond donors (Lipinski definition) is 2. The molecule has 88 valence electrons. The van der Waals surface area contributed by atoms with E-state index < -0.39 is 0 Å². The number of nitrogens with zero attached hydrogens (tertiary/aromatic N) is 1. The highest BCUT2D eigenvalue weighted by Crippen LogP contribution is 2.23. The second-order valence-corrected chi connectivity index (χ2v) is 4.06. The van der Waals surface area contributed by atoms with Crippen LogP contribution >= 0.6 is 0 Å². The normalized spacial score (nSPS) is 12.4. The fourth-order valence-corrected chi connectivity index (χ4v) is 1.67. The Morgan fingerprint density at radius 3 is 2.47 bits per heavy atom. The van der Waals surface area contributed by atoms with Gasteiger partial charge in [0.1, 0.15) is 5.75 Å². The second-order valence-electron chi connectivity index (χ2n) is 4.06. The van der Waals surface area contributed by atoms with Crippen LogP contribution in [0.25, 0.3) is 11.1 Å². The monoisotopic (exact) mass is 228 g/mol. The minimum atomic E-state index is 0.277. The summed E-state index contributed by atoms with van der Waals surface area (Å²) in [5, 5.41) is 12.4. The quantitative estimate of drug-likeness (QED) is 0.849. The molecule has 0 bridgehead atoms. The van der Waals surface area contributed by atoms with Gasteiger partial charge in [0, 0.05) is 24.0 Å². The fourth-order valence-electron chi connectivity index (χ4n) is 1.67. The second kappa shape index (κ2) is 4.97. The average Bonchev–Trinajstić information content (AvgIpc) is 2.39. The van der Waals surface area contributed by atoms with E-state index in [-0.39, 0.29) is 11.8 Å². The molecule has 0 amide bonds. The van der Waals surface area contributed by atoms with E-state index in [1.165, 1.54) is 0 Å². The lowest BCUT2D eigenvalue weighted by Crippen LogP contribution is -2.12. The molecule has 0 aliphatic heterocycles. The van der Waals surface area contributed by atoms with E-state index in [0.717, 1.165) is 16.7 Å². The van der Waals surface area contributed by atoms with Crippen molar-refractivity contribution in [3.63, 3.8) is 0 Å². The van der Waals surface area contributed by atoms with Gasteiger partial charge in [0.25, 0.3) is 0 Å². The predicted octanol–water partition coefficient (Wildman–Crippen LogP) is 2.73. The predicted molar refractivity (Wildman–Crippen MR) is 68.8 cm³/mol. The van der Waals surface area contributed by atoms with E-state index in [9.17, 15) is 5.11 Å². The topological polar surface area (TPSA) is 45.2 Å². The number of aromatic nitrogens is 1. The van der Waals surface area contributed by atoms with Gasteiger partial charge in [-0.1, -0.05) is 12.1 Å². The van der Waals surface area contributed by atoms with E-state index in [1.807, 2.05) is 31.6 Å². The minimum absolute atomic E-state index is 0.277. The summed E-state index contributed by atoms with van der Waals surface area (Å²) in [5.74, 6) is 0.279. The third-order valence-corrected chi connectivity index (χ3v) is 2.89. The highest BCUT2D eigenvalue weighted by molar-refractivity contribution is 5.63. The Labute approximate surface area is 101 Å². The van der Waals surface area contributed by atoms with Crippen LogP contribution in [0.2, 0.25) is 0 Å². The van der Waals surface area contributed by atoms with Crippen LogP contribution in [0.15, 0.2) is 42.7 Å². The average molecular weight is 228 g/mol. The van der Waals surface area contributed by atoms with Gasteiger partial charge in [-0.25, -0.2) is 0 Å². The summed E-state index contributed by atoms with van der Waals surface area (Å²) >= 11 is 0. The van der Waals surface area contributed by atoms with Gasteiger partial charge in [0.05, 0.1) is 0 Å². The molecule has 0 saturated carbocycles. The molecule has 2 rings (SSSR count). The van der Waals surface area contributed by atoms with Crippen molar-refractivity contribution >= 4 is 0 Å². The maximum atomic E-state index is 9.26. The molecule has 3 nitrogen and oxygen atoms in total. The Balaban J connectivity index is 2.36. The molecule has 17 heavy (non-hydrogen) atoms. The molecule has 2 N–H and O–H groups in total. The molecule has 1 aromatic heterocycles. The summed E-state index contributed by atoms with van der Waals surface area (Å²) < 4.78 is 0. The number of benzene rings is 1. The first-order valence-electron chi connectivity index (χ1n) is 5.62. The molecule has 2 aromatic rings. The summed E-state index contributed by atoms with van der Waals surface area (Å²) in [6.45, 7) is 2.09. The van der Waals surface area contributed by atoms with E-state index in [1.54, 1.807) is 12.1 Å². The summed E-state index contributed by atoms with van der Waals surface area (Å²) in [6, 6.07) is 9.54. The molecule has 1 unspecified atom stereocenters. The van der Waals surface area contributed by atoms with Crippen molar-refractivity contribution in [1.82, 2.24) is 10.3 Å². The first-order chi connectivity index (χ1) is 8.20.